The summed E-state index contributed by atoms with van der Waals surface area (Å²) < 4.78 is 42.4. The average Bonchev–Trinajstić information content (AvgIpc) is 2.41. The van der Waals surface area contributed by atoms with Gasteiger partial charge in [0, 0.05) is 12.4 Å². The lowest BCUT2D eigenvalue weighted by atomic mass is 10.2. The summed E-state index contributed by atoms with van der Waals surface area (Å²) >= 11 is 1.96. The number of fused-ring (bicyclic) bond motifs is 1. The average molecular weight is 342 g/mol. The molecule has 0 fully saturated rings. The third kappa shape index (κ3) is 2.08. The van der Waals surface area contributed by atoms with Crippen LogP contribution in [0.3, 0.4) is 0 Å². The van der Waals surface area contributed by atoms with Crippen LogP contribution in [-0.2, 0) is 7.05 Å². The number of nitrogens with zero attached hydrogens (tertiary/aromatic N) is 2. The Bertz CT molecular complexity index is 535. The van der Waals surface area contributed by atoms with E-state index < -0.39 is 6.36 Å². The van der Waals surface area contributed by atoms with E-state index in [1.54, 1.807) is 13.1 Å². The van der Waals surface area contributed by atoms with E-state index in [2.05, 4.69) is 9.84 Å². The first-order chi connectivity index (χ1) is 7.38. The molecule has 1 aromatic carbocycles. The highest BCUT2D eigenvalue weighted by Crippen LogP contribution is 2.31. The highest BCUT2D eigenvalue weighted by Gasteiger charge is 2.32. The quantitative estimate of drug-likeness (QED) is 0.745. The summed E-state index contributed by atoms with van der Waals surface area (Å²) in [5, 5.41) is 4.68. The minimum absolute atomic E-state index is 0.233. The zero-order chi connectivity index (χ0) is 11.9. The smallest absolute Gasteiger partial charge is 0.403 e. The zero-order valence-electron chi connectivity index (χ0n) is 8.05. The Hall–Kier alpha value is -0.990. The molecule has 1 heterocycles. The number of rotatable bonds is 1. The fourth-order valence-electron chi connectivity index (χ4n) is 1.47. The summed E-state index contributed by atoms with van der Waals surface area (Å²) in [6, 6.07) is 4.48. The molecule has 0 aliphatic rings. The van der Waals surface area contributed by atoms with Gasteiger partial charge >= 0.3 is 6.36 Å². The third-order valence-electron chi connectivity index (χ3n) is 2.01. The number of aromatic nitrogens is 2. The van der Waals surface area contributed by atoms with Gasteiger partial charge < -0.3 is 4.74 Å². The number of hydrogen-bond acceptors (Lipinski definition) is 2. The maximum absolute atomic E-state index is 12.2. The van der Waals surface area contributed by atoms with Gasteiger partial charge in [-0.2, -0.15) is 5.10 Å². The molecule has 2 rings (SSSR count). The van der Waals surface area contributed by atoms with Gasteiger partial charge in [0.1, 0.15) is 9.22 Å². The molecule has 0 aliphatic heterocycles. The number of benzene rings is 1. The summed E-state index contributed by atoms with van der Waals surface area (Å²) in [6.45, 7) is 0. The van der Waals surface area contributed by atoms with Crippen molar-refractivity contribution in [3.05, 3.63) is 21.9 Å². The molecule has 0 saturated carbocycles. The van der Waals surface area contributed by atoms with E-state index >= 15 is 0 Å². The normalized spacial score (nSPS) is 12.1. The highest BCUT2D eigenvalue weighted by molar-refractivity contribution is 14.1. The summed E-state index contributed by atoms with van der Waals surface area (Å²) in [5.74, 6) is -0.233. The molecule has 1 aromatic heterocycles. The molecule has 0 bridgehead atoms. The molecule has 0 unspecified atom stereocenters. The molecule has 0 radical (unpaired) electrons. The standard InChI is InChI=1S/C9H6F3IN2O/c1-15-7-5(8(13)14-15)3-2-4-6(7)16-9(10,11)12/h2-4H,1H3. The van der Waals surface area contributed by atoms with Crippen LogP contribution in [0.15, 0.2) is 18.2 Å². The van der Waals surface area contributed by atoms with Crippen molar-refractivity contribution in [3.8, 4) is 5.75 Å². The fraction of sp³-hybridized carbons (Fsp3) is 0.222. The first-order valence-electron chi connectivity index (χ1n) is 4.25. The van der Waals surface area contributed by atoms with E-state index in [9.17, 15) is 13.2 Å². The van der Waals surface area contributed by atoms with Crippen LogP contribution in [-0.4, -0.2) is 16.1 Å². The Labute approximate surface area is 102 Å². The van der Waals surface area contributed by atoms with Crippen molar-refractivity contribution in [1.82, 2.24) is 9.78 Å². The first kappa shape index (κ1) is 11.5. The molecule has 0 aliphatic carbocycles. The van der Waals surface area contributed by atoms with Crippen LogP contribution in [0, 0.1) is 3.70 Å². The molecule has 2 aromatic rings. The Kier molecular flexibility index (Phi) is 2.72. The molecule has 3 nitrogen and oxygen atoms in total. The number of aryl methyl sites for hydroxylation is 1. The lowest BCUT2D eigenvalue weighted by molar-refractivity contribution is -0.274. The number of ether oxygens (including phenoxy) is 1. The van der Waals surface area contributed by atoms with Gasteiger partial charge in [0.2, 0.25) is 0 Å². The minimum Gasteiger partial charge on any atom is -0.403 e. The molecule has 16 heavy (non-hydrogen) atoms. The van der Waals surface area contributed by atoms with Crippen LogP contribution >= 0.6 is 22.6 Å². The Morgan fingerprint density at radius 1 is 1.38 bits per heavy atom. The van der Waals surface area contributed by atoms with Gasteiger partial charge in [-0.05, 0) is 34.7 Å². The van der Waals surface area contributed by atoms with E-state index in [0.29, 0.717) is 14.6 Å². The predicted octanol–water partition coefficient (Wildman–Crippen LogP) is 3.08. The highest BCUT2D eigenvalue weighted by atomic mass is 127. The van der Waals surface area contributed by atoms with Crippen molar-refractivity contribution in [2.24, 2.45) is 7.05 Å². The van der Waals surface area contributed by atoms with E-state index in [1.807, 2.05) is 22.6 Å². The zero-order valence-corrected chi connectivity index (χ0v) is 10.2. The second-order valence-electron chi connectivity index (χ2n) is 3.11. The molecular weight excluding hydrogens is 336 g/mol. The molecule has 0 atom stereocenters. The van der Waals surface area contributed by atoms with Crippen molar-refractivity contribution in [3.63, 3.8) is 0 Å². The first-order valence-corrected chi connectivity index (χ1v) is 5.33. The number of alkyl halides is 3. The molecular formula is C9H6F3IN2O. The van der Waals surface area contributed by atoms with Crippen LogP contribution in [0.1, 0.15) is 0 Å². The lowest BCUT2D eigenvalue weighted by Crippen LogP contribution is -2.17. The van der Waals surface area contributed by atoms with Gasteiger partial charge in [0.05, 0.1) is 0 Å². The van der Waals surface area contributed by atoms with Crippen molar-refractivity contribution in [2.45, 2.75) is 6.36 Å². The summed E-state index contributed by atoms with van der Waals surface area (Å²) in [7, 11) is 1.58. The van der Waals surface area contributed by atoms with Gasteiger partial charge in [-0.25, -0.2) is 0 Å². The molecule has 0 spiro atoms. The van der Waals surface area contributed by atoms with Crippen molar-refractivity contribution in [1.29, 1.82) is 0 Å². The summed E-state index contributed by atoms with van der Waals surface area (Å²) in [5.41, 5.74) is 0.337. The maximum Gasteiger partial charge on any atom is 0.573 e. The molecule has 0 amide bonds. The van der Waals surface area contributed by atoms with Crippen LogP contribution < -0.4 is 4.74 Å². The van der Waals surface area contributed by atoms with Gasteiger partial charge in [-0.3, -0.25) is 4.68 Å². The Morgan fingerprint density at radius 2 is 2.06 bits per heavy atom. The molecule has 7 heteroatoms. The lowest BCUT2D eigenvalue weighted by Gasteiger charge is -2.10. The largest absolute Gasteiger partial charge is 0.573 e. The van der Waals surface area contributed by atoms with E-state index in [1.165, 1.54) is 16.8 Å². The second kappa shape index (κ2) is 3.79. The van der Waals surface area contributed by atoms with Gasteiger partial charge in [-0.15, -0.1) is 13.2 Å². The second-order valence-corrected chi connectivity index (χ2v) is 4.14. The maximum atomic E-state index is 12.2. The van der Waals surface area contributed by atoms with Crippen LogP contribution in [0.4, 0.5) is 13.2 Å². The SMILES string of the molecule is Cn1nc(I)c2cccc(OC(F)(F)F)c21. The topological polar surface area (TPSA) is 27.1 Å². The third-order valence-corrected chi connectivity index (χ3v) is 2.81. The van der Waals surface area contributed by atoms with Gasteiger partial charge in [-0.1, -0.05) is 6.07 Å². The monoisotopic (exact) mass is 342 g/mol. The van der Waals surface area contributed by atoms with Crippen molar-refractivity contribution >= 4 is 33.5 Å². The molecule has 0 N–H and O–H groups in total. The van der Waals surface area contributed by atoms with Crippen LogP contribution in [0.2, 0.25) is 0 Å². The summed E-state index contributed by atoms with van der Waals surface area (Å²) in [4.78, 5) is 0. The van der Waals surface area contributed by atoms with Gasteiger partial charge in [0.25, 0.3) is 0 Å². The van der Waals surface area contributed by atoms with E-state index in [-0.39, 0.29) is 5.75 Å². The molecule has 86 valence electrons. The van der Waals surface area contributed by atoms with E-state index in [0.717, 1.165) is 0 Å². The van der Waals surface area contributed by atoms with Crippen molar-refractivity contribution < 1.29 is 17.9 Å². The van der Waals surface area contributed by atoms with Crippen LogP contribution in [0.5, 0.6) is 5.75 Å². The number of para-hydroxylation sites is 1. The summed E-state index contributed by atoms with van der Waals surface area (Å²) in [6.07, 6.45) is -4.69. The Morgan fingerprint density at radius 3 is 2.69 bits per heavy atom. The number of hydrogen-bond donors (Lipinski definition) is 0. The minimum atomic E-state index is -4.69. The fourth-order valence-corrected chi connectivity index (χ4v) is 2.22. The Balaban J connectivity index is 2.62. The van der Waals surface area contributed by atoms with Gasteiger partial charge in [0.15, 0.2) is 5.75 Å². The molecule has 0 saturated heterocycles. The predicted molar refractivity (Wildman–Crippen MR) is 60.1 cm³/mol. The van der Waals surface area contributed by atoms with Crippen molar-refractivity contribution in [2.75, 3.05) is 0 Å². The number of halogens is 4. The van der Waals surface area contributed by atoms with E-state index in [4.69, 9.17) is 0 Å². The van der Waals surface area contributed by atoms with Crippen LogP contribution in [0.25, 0.3) is 10.9 Å².